The molecule has 0 aliphatic heterocycles. The number of ether oxygens (including phenoxy) is 1. The number of aliphatic hydroxyl groups is 1. The predicted molar refractivity (Wildman–Crippen MR) is 62.2 cm³/mol. The van der Waals surface area contributed by atoms with E-state index in [1.165, 1.54) is 0 Å². The summed E-state index contributed by atoms with van der Waals surface area (Å²) in [4.78, 5) is 0. The van der Waals surface area contributed by atoms with Gasteiger partial charge in [0.05, 0.1) is 11.8 Å². The Hall–Kier alpha value is -1.55. The molecule has 0 amide bonds. The third kappa shape index (κ3) is 4.31. The molecule has 1 unspecified atom stereocenters. The van der Waals surface area contributed by atoms with E-state index in [4.69, 9.17) is 15.1 Å². The molecule has 0 aromatic heterocycles. The Kier molecular flexibility index (Phi) is 4.79. The number of nitrogens with zero attached hydrogens (tertiary/aromatic N) is 1. The molecular formula is C12H17NO3. The molecule has 4 nitrogen and oxygen atoms in total. The van der Waals surface area contributed by atoms with Crippen molar-refractivity contribution in [2.45, 2.75) is 26.4 Å². The van der Waals surface area contributed by atoms with Crippen LogP contribution in [0.2, 0.25) is 0 Å². The van der Waals surface area contributed by atoms with E-state index in [1.807, 2.05) is 24.3 Å². The van der Waals surface area contributed by atoms with E-state index >= 15 is 0 Å². The Bertz CT molecular complexity index is 344. The van der Waals surface area contributed by atoms with E-state index in [0.29, 0.717) is 12.1 Å². The Morgan fingerprint density at radius 2 is 2.00 bits per heavy atom. The fourth-order valence-corrected chi connectivity index (χ4v) is 1.25. The normalized spacial score (nSPS) is 13.6. The van der Waals surface area contributed by atoms with Crippen molar-refractivity contribution >= 4 is 5.71 Å². The van der Waals surface area contributed by atoms with Crippen molar-refractivity contribution in [2.75, 3.05) is 6.61 Å². The molecule has 1 aromatic rings. The van der Waals surface area contributed by atoms with Crippen molar-refractivity contribution < 1.29 is 15.1 Å². The van der Waals surface area contributed by atoms with Crippen LogP contribution in [0.25, 0.3) is 0 Å². The van der Waals surface area contributed by atoms with Crippen molar-refractivity contribution in [3.8, 4) is 5.75 Å². The van der Waals surface area contributed by atoms with Gasteiger partial charge >= 0.3 is 0 Å². The lowest BCUT2D eigenvalue weighted by atomic mass is 10.1. The largest absolute Gasteiger partial charge is 0.491 e. The highest BCUT2D eigenvalue weighted by Crippen LogP contribution is 2.13. The molecule has 1 rings (SSSR count). The molecule has 16 heavy (non-hydrogen) atoms. The zero-order chi connectivity index (χ0) is 12.0. The van der Waals surface area contributed by atoms with Crippen molar-refractivity contribution in [3.63, 3.8) is 0 Å². The molecule has 2 N–H and O–H groups in total. The number of aliphatic hydroxyl groups excluding tert-OH is 1. The Balaban J connectivity index is 2.54. The first kappa shape index (κ1) is 12.5. The van der Waals surface area contributed by atoms with Crippen molar-refractivity contribution in [1.82, 2.24) is 0 Å². The topological polar surface area (TPSA) is 62.0 Å². The number of rotatable bonds is 5. The van der Waals surface area contributed by atoms with Gasteiger partial charge in [0.2, 0.25) is 0 Å². The van der Waals surface area contributed by atoms with Crippen molar-refractivity contribution in [1.29, 1.82) is 0 Å². The molecule has 0 bridgehead atoms. The smallest absolute Gasteiger partial charge is 0.119 e. The first-order chi connectivity index (χ1) is 7.61. The maximum Gasteiger partial charge on any atom is 0.119 e. The summed E-state index contributed by atoms with van der Waals surface area (Å²) in [6, 6.07) is 7.49. The summed E-state index contributed by atoms with van der Waals surface area (Å²) in [7, 11) is 0. The minimum atomic E-state index is -0.469. The summed E-state index contributed by atoms with van der Waals surface area (Å²) in [6.45, 7) is 3.73. The minimum absolute atomic E-state index is 0.288. The highest BCUT2D eigenvalue weighted by Gasteiger charge is 2.00. The van der Waals surface area contributed by atoms with E-state index in [2.05, 4.69) is 5.16 Å². The first-order valence-electron chi connectivity index (χ1n) is 5.19. The minimum Gasteiger partial charge on any atom is -0.491 e. The highest BCUT2D eigenvalue weighted by molar-refractivity contribution is 5.83. The van der Waals surface area contributed by atoms with Crippen LogP contribution in [-0.2, 0) is 6.42 Å². The summed E-state index contributed by atoms with van der Waals surface area (Å²) < 4.78 is 5.32. The number of oxime groups is 1. The average molecular weight is 223 g/mol. The van der Waals surface area contributed by atoms with E-state index in [1.54, 1.807) is 13.8 Å². The van der Waals surface area contributed by atoms with Gasteiger partial charge in [0.1, 0.15) is 12.4 Å². The summed E-state index contributed by atoms with van der Waals surface area (Å²) >= 11 is 0. The first-order valence-corrected chi connectivity index (χ1v) is 5.19. The summed E-state index contributed by atoms with van der Waals surface area (Å²) in [5.74, 6) is 0.725. The number of hydrogen-bond acceptors (Lipinski definition) is 4. The van der Waals surface area contributed by atoms with Gasteiger partial charge in [0.25, 0.3) is 0 Å². The van der Waals surface area contributed by atoms with Crippen molar-refractivity contribution in [2.24, 2.45) is 5.16 Å². The monoisotopic (exact) mass is 223 g/mol. The van der Waals surface area contributed by atoms with Gasteiger partial charge in [-0.3, -0.25) is 0 Å². The van der Waals surface area contributed by atoms with Crippen LogP contribution in [0.15, 0.2) is 29.4 Å². The molecule has 0 heterocycles. The van der Waals surface area contributed by atoms with E-state index in [9.17, 15) is 0 Å². The molecule has 0 fully saturated rings. The second-order valence-corrected chi connectivity index (χ2v) is 3.82. The Morgan fingerprint density at radius 3 is 2.50 bits per heavy atom. The molecule has 0 radical (unpaired) electrons. The van der Waals surface area contributed by atoms with Crippen LogP contribution < -0.4 is 4.74 Å². The second-order valence-electron chi connectivity index (χ2n) is 3.82. The molecule has 1 atom stereocenters. The van der Waals surface area contributed by atoms with Gasteiger partial charge in [-0.05, 0) is 31.5 Å². The zero-order valence-corrected chi connectivity index (χ0v) is 9.55. The maximum absolute atomic E-state index is 9.05. The van der Waals surface area contributed by atoms with Gasteiger partial charge in [0, 0.05) is 6.42 Å². The summed E-state index contributed by atoms with van der Waals surface area (Å²) in [6.07, 6.45) is 0.149. The van der Waals surface area contributed by atoms with Gasteiger partial charge in [-0.2, -0.15) is 0 Å². The second kappa shape index (κ2) is 6.12. The van der Waals surface area contributed by atoms with Crippen LogP contribution in [-0.4, -0.2) is 28.7 Å². The van der Waals surface area contributed by atoms with Crippen molar-refractivity contribution in [3.05, 3.63) is 29.8 Å². The molecule has 0 aliphatic rings. The SMILES string of the molecule is C/C(Cc1ccc(OCC(C)O)cc1)=N\O. The standard InChI is InChI=1S/C12H17NO3/c1-9(13-15)7-11-3-5-12(6-4-11)16-8-10(2)14/h3-6,10,14-15H,7-8H2,1-2H3/b13-9+. The predicted octanol–water partition coefficient (Wildman–Crippen LogP) is 1.84. The number of benzene rings is 1. The maximum atomic E-state index is 9.05. The van der Waals surface area contributed by atoms with Gasteiger partial charge in [0.15, 0.2) is 0 Å². The highest BCUT2D eigenvalue weighted by atomic mass is 16.5. The lowest BCUT2D eigenvalue weighted by molar-refractivity contribution is 0.122. The number of hydrogen-bond donors (Lipinski definition) is 2. The molecule has 0 spiro atoms. The Morgan fingerprint density at radius 1 is 1.38 bits per heavy atom. The van der Waals surface area contributed by atoms with Crippen LogP contribution in [0.1, 0.15) is 19.4 Å². The Labute approximate surface area is 95.2 Å². The molecule has 88 valence electrons. The van der Waals surface area contributed by atoms with E-state index < -0.39 is 6.10 Å². The van der Waals surface area contributed by atoms with Gasteiger partial charge < -0.3 is 15.1 Å². The average Bonchev–Trinajstić information content (AvgIpc) is 2.28. The molecule has 4 heteroatoms. The molecular weight excluding hydrogens is 206 g/mol. The van der Waals surface area contributed by atoms with Gasteiger partial charge in [-0.15, -0.1) is 0 Å². The summed E-state index contributed by atoms with van der Waals surface area (Å²) in [5, 5.41) is 20.7. The van der Waals surface area contributed by atoms with E-state index in [0.717, 1.165) is 11.3 Å². The van der Waals surface area contributed by atoms with Crippen LogP contribution in [0.5, 0.6) is 5.75 Å². The molecule has 0 saturated carbocycles. The lowest BCUT2D eigenvalue weighted by Crippen LogP contribution is -2.12. The van der Waals surface area contributed by atoms with Crippen LogP contribution in [0, 0.1) is 0 Å². The molecule has 0 aliphatic carbocycles. The van der Waals surface area contributed by atoms with Gasteiger partial charge in [-0.1, -0.05) is 17.3 Å². The fourth-order valence-electron chi connectivity index (χ4n) is 1.25. The lowest BCUT2D eigenvalue weighted by Gasteiger charge is -2.08. The van der Waals surface area contributed by atoms with E-state index in [-0.39, 0.29) is 6.61 Å². The van der Waals surface area contributed by atoms with Crippen LogP contribution >= 0.6 is 0 Å². The van der Waals surface area contributed by atoms with Crippen LogP contribution in [0.4, 0.5) is 0 Å². The molecule has 1 aromatic carbocycles. The quantitative estimate of drug-likeness (QED) is 0.455. The fraction of sp³-hybridized carbons (Fsp3) is 0.417. The third-order valence-electron chi connectivity index (χ3n) is 2.05. The zero-order valence-electron chi connectivity index (χ0n) is 9.55. The summed E-state index contributed by atoms with van der Waals surface area (Å²) in [5.41, 5.74) is 1.72. The van der Waals surface area contributed by atoms with Crippen LogP contribution in [0.3, 0.4) is 0 Å². The van der Waals surface area contributed by atoms with Gasteiger partial charge in [-0.25, -0.2) is 0 Å². The molecule has 0 saturated heterocycles. The third-order valence-corrected chi connectivity index (χ3v) is 2.05.